The van der Waals surface area contributed by atoms with Gasteiger partial charge in [0, 0.05) is 37.9 Å². The van der Waals surface area contributed by atoms with Gasteiger partial charge >= 0.3 is 6.09 Å². The third kappa shape index (κ3) is 2.84. The fourth-order valence-electron chi connectivity index (χ4n) is 4.84. The Hall–Kier alpha value is -2.15. The van der Waals surface area contributed by atoms with Gasteiger partial charge in [0.2, 0.25) is 5.91 Å². The molecule has 1 spiro atoms. The molecule has 0 unspecified atom stereocenters. The number of benzene rings is 1. The maximum absolute atomic E-state index is 13.7. The number of hydrogen-bond acceptors (Lipinski definition) is 3. The molecule has 7 heteroatoms. The average molecular weight is 361 g/mol. The number of halogens is 1. The zero-order valence-electron chi connectivity index (χ0n) is 14.7. The molecule has 6 nitrogen and oxygen atoms in total. The van der Waals surface area contributed by atoms with Crippen LogP contribution in [0.5, 0.6) is 0 Å². The molecule has 2 fully saturated rings. The molecule has 0 bridgehead atoms. The summed E-state index contributed by atoms with van der Waals surface area (Å²) in [7, 11) is 0. The van der Waals surface area contributed by atoms with Crippen molar-refractivity contribution in [1.29, 1.82) is 0 Å². The molecule has 1 aliphatic carbocycles. The Balaban J connectivity index is 1.46. The second-order valence-electron chi connectivity index (χ2n) is 7.62. The van der Waals surface area contributed by atoms with Crippen LogP contribution < -0.4 is 5.32 Å². The number of nitrogens with one attached hydrogen (secondary N) is 1. The maximum Gasteiger partial charge on any atom is 0.407 e. The van der Waals surface area contributed by atoms with Crippen molar-refractivity contribution in [2.45, 2.75) is 43.6 Å². The third-order valence-electron chi connectivity index (χ3n) is 6.31. The summed E-state index contributed by atoms with van der Waals surface area (Å²) in [6.45, 7) is 2.74. The van der Waals surface area contributed by atoms with Crippen molar-refractivity contribution in [3.05, 3.63) is 29.6 Å². The van der Waals surface area contributed by atoms with Gasteiger partial charge in [-0.05, 0) is 55.9 Å². The predicted molar refractivity (Wildman–Crippen MR) is 94.8 cm³/mol. The first-order chi connectivity index (χ1) is 12.5. The normalized spacial score (nSPS) is 29.3. The minimum atomic E-state index is -0.851. The quantitative estimate of drug-likeness (QED) is 0.807. The highest BCUT2D eigenvalue weighted by atomic mass is 19.1. The van der Waals surface area contributed by atoms with Crippen LogP contribution in [0.3, 0.4) is 0 Å². The van der Waals surface area contributed by atoms with Crippen LogP contribution in [0.15, 0.2) is 18.2 Å². The zero-order chi connectivity index (χ0) is 18.3. The SMILES string of the molecule is O=C(O)N1CCCN(C2CCC3(CC2)C(=O)Nc2ccc(F)cc23)CC1. The molecule has 2 heterocycles. The number of carbonyl (C=O) groups excluding carboxylic acids is 1. The lowest BCUT2D eigenvalue weighted by Gasteiger charge is -2.40. The van der Waals surface area contributed by atoms with Gasteiger partial charge in [0.25, 0.3) is 0 Å². The Bertz CT molecular complexity index is 731. The van der Waals surface area contributed by atoms with Crippen molar-refractivity contribution in [3.63, 3.8) is 0 Å². The number of anilines is 1. The minimum absolute atomic E-state index is 0.00975. The topological polar surface area (TPSA) is 72.9 Å². The van der Waals surface area contributed by atoms with Crippen LogP contribution in [0.1, 0.15) is 37.7 Å². The van der Waals surface area contributed by atoms with Crippen molar-refractivity contribution < 1.29 is 19.1 Å². The molecular formula is C19H24FN3O3. The first-order valence-electron chi connectivity index (χ1n) is 9.33. The number of rotatable bonds is 1. The monoisotopic (exact) mass is 361 g/mol. The summed E-state index contributed by atoms with van der Waals surface area (Å²) in [6.07, 6.45) is 3.14. The molecule has 3 aliphatic rings. The van der Waals surface area contributed by atoms with Gasteiger partial charge in [-0.15, -0.1) is 0 Å². The molecule has 2 N–H and O–H groups in total. The van der Waals surface area contributed by atoms with Gasteiger partial charge in [0.05, 0.1) is 5.41 Å². The van der Waals surface area contributed by atoms with E-state index in [2.05, 4.69) is 10.2 Å². The second kappa shape index (κ2) is 6.54. The smallest absolute Gasteiger partial charge is 0.407 e. The molecule has 1 saturated heterocycles. The maximum atomic E-state index is 13.7. The van der Waals surface area contributed by atoms with Crippen molar-refractivity contribution in [1.82, 2.24) is 9.80 Å². The lowest BCUT2D eigenvalue weighted by atomic mass is 9.68. The summed E-state index contributed by atoms with van der Waals surface area (Å²) in [5.74, 6) is -0.313. The second-order valence-corrected chi connectivity index (χ2v) is 7.62. The van der Waals surface area contributed by atoms with Crippen molar-refractivity contribution in [2.75, 3.05) is 31.5 Å². The van der Waals surface area contributed by atoms with E-state index in [0.29, 0.717) is 32.0 Å². The molecule has 26 heavy (non-hydrogen) atoms. The van der Waals surface area contributed by atoms with E-state index >= 15 is 0 Å². The summed E-state index contributed by atoms with van der Waals surface area (Å²) >= 11 is 0. The summed E-state index contributed by atoms with van der Waals surface area (Å²) in [5.41, 5.74) is 0.933. The van der Waals surface area contributed by atoms with E-state index in [1.54, 1.807) is 6.07 Å². The highest BCUT2D eigenvalue weighted by Gasteiger charge is 2.49. The van der Waals surface area contributed by atoms with Gasteiger partial charge < -0.3 is 15.3 Å². The lowest BCUT2D eigenvalue weighted by molar-refractivity contribution is -0.122. The number of amides is 2. The summed E-state index contributed by atoms with van der Waals surface area (Å²) in [5, 5.41) is 12.1. The Morgan fingerprint density at radius 3 is 2.69 bits per heavy atom. The van der Waals surface area contributed by atoms with Gasteiger partial charge in [0.1, 0.15) is 5.82 Å². The van der Waals surface area contributed by atoms with Crippen molar-refractivity contribution in [3.8, 4) is 0 Å². The molecule has 4 rings (SSSR count). The summed E-state index contributed by atoms with van der Waals surface area (Å²) in [4.78, 5) is 27.7. The molecular weight excluding hydrogens is 337 g/mol. The zero-order valence-corrected chi connectivity index (χ0v) is 14.7. The van der Waals surface area contributed by atoms with Gasteiger partial charge in [-0.3, -0.25) is 9.69 Å². The third-order valence-corrected chi connectivity index (χ3v) is 6.31. The molecule has 2 amide bonds. The Labute approximate surface area is 152 Å². The van der Waals surface area contributed by atoms with Gasteiger partial charge in [0.15, 0.2) is 0 Å². The number of hydrogen-bond donors (Lipinski definition) is 2. The molecule has 0 radical (unpaired) electrons. The van der Waals surface area contributed by atoms with Crippen LogP contribution in [-0.2, 0) is 10.2 Å². The number of carbonyl (C=O) groups is 2. The largest absolute Gasteiger partial charge is 0.465 e. The highest BCUT2D eigenvalue weighted by molar-refractivity contribution is 6.06. The molecule has 1 aromatic carbocycles. The summed E-state index contributed by atoms with van der Waals surface area (Å²) < 4.78 is 13.7. The van der Waals surface area contributed by atoms with Gasteiger partial charge in [-0.2, -0.15) is 0 Å². The van der Waals surface area contributed by atoms with Crippen LogP contribution in [-0.4, -0.2) is 59.1 Å². The molecule has 0 atom stereocenters. The van der Waals surface area contributed by atoms with Crippen LogP contribution in [0.2, 0.25) is 0 Å². The van der Waals surface area contributed by atoms with E-state index in [-0.39, 0.29) is 11.7 Å². The fourth-order valence-corrected chi connectivity index (χ4v) is 4.84. The number of carboxylic acid groups (broad SMARTS) is 1. The first kappa shape index (κ1) is 17.3. The molecule has 140 valence electrons. The molecule has 1 saturated carbocycles. The number of fused-ring (bicyclic) bond motifs is 2. The fraction of sp³-hybridized carbons (Fsp3) is 0.579. The first-order valence-corrected chi connectivity index (χ1v) is 9.33. The lowest BCUT2D eigenvalue weighted by Crippen LogP contribution is -2.46. The average Bonchev–Trinajstić information content (AvgIpc) is 2.81. The van der Waals surface area contributed by atoms with Crippen molar-refractivity contribution >= 4 is 17.7 Å². The predicted octanol–water partition coefficient (Wildman–Crippen LogP) is 2.64. The van der Waals surface area contributed by atoms with E-state index in [1.807, 2.05) is 0 Å². The number of nitrogens with zero attached hydrogens (tertiary/aromatic N) is 2. The molecule has 0 aromatic heterocycles. The van der Waals surface area contributed by atoms with Crippen LogP contribution in [0, 0.1) is 5.82 Å². The van der Waals surface area contributed by atoms with E-state index in [9.17, 15) is 19.1 Å². The standard InChI is InChI=1S/C19H24FN3O3/c20-13-2-3-16-15(12-13)19(17(24)21-16)6-4-14(5-7-19)22-8-1-9-23(11-10-22)18(25)26/h2-3,12,14H,1,4-11H2,(H,21,24)(H,25,26). The van der Waals surface area contributed by atoms with Gasteiger partial charge in [-0.1, -0.05) is 0 Å². The van der Waals surface area contributed by atoms with Crippen molar-refractivity contribution in [2.24, 2.45) is 0 Å². The van der Waals surface area contributed by atoms with Gasteiger partial charge in [-0.25, -0.2) is 9.18 Å². The van der Waals surface area contributed by atoms with E-state index in [1.165, 1.54) is 17.0 Å². The Morgan fingerprint density at radius 1 is 1.19 bits per heavy atom. The van der Waals surface area contributed by atoms with Crippen LogP contribution in [0.4, 0.5) is 14.9 Å². The Morgan fingerprint density at radius 2 is 1.96 bits per heavy atom. The Kier molecular flexibility index (Phi) is 4.34. The van der Waals surface area contributed by atoms with E-state index < -0.39 is 11.5 Å². The van der Waals surface area contributed by atoms with Crippen LogP contribution in [0.25, 0.3) is 0 Å². The summed E-state index contributed by atoms with van der Waals surface area (Å²) in [6, 6.07) is 4.90. The highest BCUT2D eigenvalue weighted by Crippen LogP contribution is 2.48. The minimum Gasteiger partial charge on any atom is -0.465 e. The molecule has 2 aliphatic heterocycles. The van der Waals surface area contributed by atoms with Crippen LogP contribution >= 0.6 is 0 Å². The van der Waals surface area contributed by atoms with E-state index in [0.717, 1.165) is 43.6 Å². The molecule has 1 aromatic rings. The van der Waals surface area contributed by atoms with E-state index in [4.69, 9.17) is 0 Å².